The molecule has 2 atom stereocenters. The molecule has 1 aliphatic rings. The van der Waals surface area contributed by atoms with Crippen LogP contribution in [0.15, 0.2) is 24.4 Å². The molecule has 0 amide bonds. The molecule has 1 aromatic heterocycles. The summed E-state index contributed by atoms with van der Waals surface area (Å²) in [6.07, 6.45) is 3.24. The summed E-state index contributed by atoms with van der Waals surface area (Å²) in [6.45, 7) is 7.39. The third kappa shape index (κ3) is 2.38. The van der Waals surface area contributed by atoms with Gasteiger partial charge < -0.3 is 4.74 Å². The van der Waals surface area contributed by atoms with Crippen LogP contribution in [0.1, 0.15) is 31.9 Å². The van der Waals surface area contributed by atoms with Crippen LogP contribution in [0, 0.1) is 0 Å². The summed E-state index contributed by atoms with van der Waals surface area (Å²) in [5, 5.41) is 8.34. The highest BCUT2D eigenvalue weighted by Crippen LogP contribution is 2.29. The quantitative estimate of drug-likeness (QED) is 0.921. The molecule has 102 valence electrons. The van der Waals surface area contributed by atoms with Crippen molar-refractivity contribution in [3.63, 3.8) is 0 Å². The summed E-state index contributed by atoms with van der Waals surface area (Å²) in [5.41, 5.74) is 2.33. The van der Waals surface area contributed by atoms with Crippen LogP contribution in [-0.2, 0) is 4.74 Å². The second-order valence-electron chi connectivity index (χ2n) is 5.34. The fourth-order valence-electron chi connectivity index (χ4n) is 2.87. The highest BCUT2D eigenvalue weighted by molar-refractivity contribution is 5.81. The van der Waals surface area contributed by atoms with Crippen LogP contribution in [0.25, 0.3) is 10.9 Å². The maximum Gasteiger partial charge on any atom is 0.0959 e. The lowest BCUT2D eigenvalue weighted by Crippen LogP contribution is -2.45. The lowest BCUT2D eigenvalue weighted by atomic mass is 10.0. The Labute approximate surface area is 113 Å². The van der Waals surface area contributed by atoms with Crippen molar-refractivity contribution in [3.05, 3.63) is 30.0 Å². The van der Waals surface area contributed by atoms with Crippen LogP contribution in [0.3, 0.4) is 0 Å². The molecule has 0 aliphatic carbocycles. The molecular weight excluding hydrogens is 238 g/mol. The van der Waals surface area contributed by atoms with E-state index in [1.165, 1.54) is 17.4 Å². The van der Waals surface area contributed by atoms with Crippen LogP contribution in [-0.4, -0.2) is 40.8 Å². The van der Waals surface area contributed by atoms with Crippen molar-refractivity contribution in [3.8, 4) is 0 Å². The third-order valence-electron chi connectivity index (χ3n) is 3.94. The number of hydrogen-bond donors (Lipinski definition) is 1. The molecule has 0 spiro atoms. The molecule has 3 rings (SSSR count). The smallest absolute Gasteiger partial charge is 0.0959 e. The maximum atomic E-state index is 6.05. The van der Waals surface area contributed by atoms with Crippen molar-refractivity contribution < 1.29 is 4.74 Å². The van der Waals surface area contributed by atoms with Crippen molar-refractivity contribution in [1.29, 1.82) is 0 Å². The fourth-order valence-corrected chi connectivity index (χ4v) is 2.87. The number of ether oxygens (including phenoxy) is 1. The molecule has 19 heavy (non-hydrogen) atoms. The topological polar surface area (TPSA) is 41.2 Å². The molecule has 1 saturated heterocycles. The molecule has 1 aromatic carbocycles. The van der Waals surface area contributed by atoms with E-state index < -0.39 is 0 Å². The Hall–Kier alpha value is -1.39. The number of rotatable bonds is 3. The predicted molar refractivity (Wildman–Crippen MR) is 76.1 cm³/mol. The Balaban J connectivity index is 1.87. The number of aromatic amines is 1. The zero-order valence-corrected chi connectivity index (χ0v) is 11.6. The van der Waals surface area contributed by atoms with Gasteiger partial charge >= 0.3 is 0 Å². The van der Waals surface area contributed by atoms with E-state index in [9.17, 15) is 0 Å². The van der Waals surface area contributed by atoms with Gasteiger partial charge in [-0.25, -0.2) is 0 Å². The van der Waals surface area contributed by atoms with Crippen LogP contribution in [0.2, 0.25) is 0 Å². The van der Waals surface area contributed by atoms with E-state index in [2.05, 4.69) is 47.1 Å². The van der Waals surface area contributed by atoms with Crippen molar-refractivity contribution in [2.24, 2.45) is 0 Å². The first-order valence-corrected chi connectivity index (χ1v) is 7.07. The van der Waals surface area contributed by atoms with Gasteiger partial charge in [0.15, 0.2) is 0 Å². The van der Waals surface area contributed by atoms with Gasteiger partial charge in [-0.05, 0) is 31.5 Å². The number of nitrogens with one attached hydrogen (secondary N) is 1. The summed E-state index contributed by atoms with van der Waals surface area (Å²) >= 11 is 0. The normalized spacial score (nSPS) is 24.9. The molecule has 1 N–H and O–H groups in total. The summed E-state index contributed by atoms with van der Waals surface area (Å²) in [5.74, 6) is 0. The second kappa shape index (κ2) is 5.31. The molecule has 1 fully saturated rings. The van der Waals surface area contributed by atoms with Gasteiger partial charge in [-0.15, -0.1) is 0 Å². The number of hydrogen-bond acceptors (Lipinski definition) is 3. The van der Waals surface area contributed by atoms with E-state index in [0.717, 1.165) is 25.2 Å². The Morgan fingerprint density at radius 2 is 2.37 bits per heavy atom. The molecule has 4 heteroatoms. The Bertz CT molecular complexity index is 551. The zero-order valence-electron chi connectivity index (χ0n) is 11.6. The number of aromatic nitrogens is 2. The van der Waals surface area contributed by atoms with E-state index in [-0.39, 0.29) is 6.10 Å². The predicted octanol–water partition coefficient (Wildman–Crippen LogP) is 2.73. The largest absolute Gasteiger partial charge is 0.371 e. The van der Waals surface area contributed by atoms with Crippen LogP contribution < -0.4 is 0 Å². The molecule has 2 heterocycles. The summed E-state index contributed by atoms with van der Waals surface area (Å²) < 4.78 is 6.05. The van der Waals surface area contributed by atoms with Gasteiger partial charge in [0, 0.05) is 18.0 Å². The maximum absolute atomic E-state index is 6.05. The molecule has 1 aliphatic heterocycles. The first kappa shape index (κ1) is 12.6. The van der Waals surface area contributed by atoms with Gasteiger partial charge in [-0.3, -0.25) is 10.00 Å². The van der Waals surface area contributed by atoms with E-state index in [0.29, 0.717) is 6.04 Å². The number of fused-ring (bicyclic) bond motifs is 1. The first-order chi connectivity index (χ1) is 9.29. The average molecular weight is 259 g/mol. The number of H-pyrrole nitrogens is 1. The highest BCUT2D eigenvalue weighted by atomic mass is 16.5. The Kier molecular flexibility index (Phi) is 3.53. The second-order valence-corrected chi connectivity index (χ2v) is 5.34. The van der Waals surface area contributed by atoms with Crippen molar-refractivity contribution in [2.75, 3.05) is 19.7 Å². The van der Waals surface area contributed by atoms with Crippen molar-refractivity contribution >= 4 is 10.9 Å². The third-order valence-corrected chi connectivity index (χ3v) is 3.94. The molecule has 0 unspecified atom stereocenters. The minimum Gasteiger partial charge on any atom is -0.371 e. The van der Waals surface area contributed by atoms with Crippen LogP contribution >= 0.6 is 0 Å². The van der Waals surface area contributed by atoms with E-state index in [1.54, 1.807) is 0 Å². The van der Waals surface area contributed by atoms with Crippen molar-refractivity contribution in [2.45, 2.75) is 32.4 Å². The molecule has 4 nitrogen and oxygen atoms in total. The Morgan fingerprint density at radius 3 is 3.21 bits per heavy atom. The lowest BCUT2D eigenvalue weighted by Gasteiger charge is -2.38. The van der Waals surface area contributed by atoms with Gasteiger partial charge in [0.2, 0.25) is 0 Å². The van der Waals surface area contributed by atoms with Crippen LogP contribution in [0.5, 0.6) is 0 Å². The number of morpholine rings is 1. The number of benzene rings is 1. The molecule has 0 radical (unpaired) electrons. The first-order valence-electron chi connectivity index (χ1n) is 7.07. The van der Waals surface area contributed by atoms with Gasteiger partial charge in [0.05, 0.1) is 24.4 Å². The monoisotopic (exact) mass is 259 g/mol. The number of nitrogens with zero attached hydrogens (tertiary/aromatic N) is 2. The van der Waals surface area contributed by atoms with Crippen molar-refractivity contribution in [1.82, 2.24) is 15.1 Å². The average Bonchev–Trinajstić information content (AvgIpc) is 2.90. The minimum atomic E-state index is 0.157. The van der Waals surface area contributed by atoms with Gasteiger partial charge in [0.1, 0.15) is 0 Å². The molecule has 2 aromatic rings. The van der Waals surface area contributed by atoms with Gasteiger partial charge in [0.25, 0.3) is 0 Å². The van der Waals surface area contributed by atoms with Gasteiger partial charge in [-0.2, -0.15) is 5.10 Å². The van der Waals surface area contributed by atoms with Crippen LogP contribution in [0.4, 0.5) is 0 Å². The minimum absolute atomic E-state index is 0.157. The van der Waals surface area contributed by atoms with E-state index in [4.69, 9.17) is 4.74 Å². The van der Waals surface area contributed by atoms with E-state index in [1.807, 2.05) is 6.20 Å². The highest BCUT2D eigenvalue weighted by Gasteiger charge is 2.27. The van der Waals surface area contributed by atoms with Gasteiger partial charge in [-0.1, -0.05) is 19.1 Å². The summed E-state index contributed by atoms with van der Waals surface area (Å²) in [6, 6.07) is 6.80. The molecule has 0 bridgehead atoms. The molecule has 0 saturated carbocycles. The Morgan fingerprint density at radius 1 is 1.47 bits per heavy atom. The van der Waals surface area contributed by atoms with E-state index >= 15 is 0 Å². The fraction of sp³-hybridized carbons (Fsp3) is 0.533. The standard InChI is InChI=1S/C15H21N3O/c1-3-7-18-9-15(19-10-11(18)2)12-5-4-6-14-13(12)8-16-17-14/h4-6,8,11,15H,3,7,9-10H2,1-2H3,(H,16,17)/t11-,15-/m0/s1. The SMILES string of the molecule is CCCN1C[C@@H](c2cccc3[nH]ncc23)OC[C@@H]1C. The summed E-state index contributed by atoms with van der Waals surface area (Å²) in [7, 11) is 0. The zero-order chi connectivity index (χ0) is 13.2. The molecular formula is C15H21N3O. The lowest BCUT2D eigenvalue weighted by molar-refractivity contribution is -0.0591. The summed E-state index contributed by atoms with van der Waals surface area (Å²) in [4.78, 5) is 2.52.